The van der Waals surface area contributed by atoms with Crippen LogP contribution in [0, 0.1) is 5.92 Å². The molecule has 0 spiro atoms. The van der Waals surface area contributed by atoms with Crippen LogP contribution in [0.4, 0.5) is 5.69 Å². The third-order valence-corrected chi connectivity index (χ3v) is 5.86. The summed E-state index contributed by atoms with van der Waals surface area (Å²) in [5, 5.41) is 0. The number of carbonyl (C=O) groups is 2. The van der Waals surface area contributed by atoms with Gasteiger partial charge in [-0.2, -0.15) is 0 Å². The second kappa shape index (κ2) is 6.78. The van der Waals surface area contributed by atoms with Crippen molar-refractivity contribution in [3.05, 3.63) is 23.8 Å². The number of carbonyl (C=O) groups excluding carboxylic acids is 2. The summed E-state index contributed by atoms with van der Waals surface area (Å²) in [5.41, 5.74) is 11.5. The van der Waals surface area contributed by atoms with Crippen molar-refractivity contribution in [1.82, 2.24) is 9.21 Å². The van der Waals surface area contributed by atoms with E-state index in [2.05, 4.69) is 0 Å². The molecule has 0 aliphatic carbocycles. The minimum absolute atomic E-state index is 0.0423. The summed E-state index contributed by atoms with van der Waals surface area (Å²) in [5.74, 6) is -1.17. The van der Waals surface area contributed by atoms with Crippen molar-refractivity contribution >= 4 is 27.5 Å². The molecule has 1 heterocycles. The summed E-state index contributed by atoms with van der Waals surface area (Å²) < 4.78 is 25.6. The van der Waals surface area contributed by atoms with Gasteiger partial charge in [0.2, 0.25) is 15.9 Å². The van der Waals surface area contributed by atoms with Crippen molar-refractivity contribution < 1.29 is 18.0 Å². The Morgan fingerprint density at radius 3 is 2.50 bits per heavy atom. The maximum absolute atomic E-state index is 12.7. The topological polar surface area (TPSA) is 127 Å². The first-order chi connectivity index (χ1) is 11.1. The van der Waals surface area contributed by atoms with Crippen molar-refractivity contribution in [2.45, 2.75) is 17.7 Å². The smallest absolute Gasteiger partial charge is 0.253 e. The molecule has 9 heteroatoms. The predicted octanol–water partition coefficient (Wildman–Crippen LogP) is -0.143. The number of sulfonamides is 1. The largest absolute Gasteiger partial charge is 0.399 e. The third kappa shape index (κ3) is 3.68. The van der Waals surface area contributed by atoms with Gasteiger partial charge in [-0.25, -0.2) is 12.7 Å². The molecule has 0 unspecified atom stereocenters. The molecule has 1 fully saturated rings. The number of nitrogens with two attached hydrogens (primary N) is 2. The van der Waals surface area contributed by atoms with E-state index >= 15 is 0 Å². The van der Waals surface area contributed by atoms with E-state index in [1.54, 1.807) is 0 Å². The zero-order valence-electron chi connectivity index (χ0n) is 13.7. The summed E-state index contributed by atoms with van der Waals surface area (Å²) in [6, 6.07) is 4.06. The van der Waals surface area contributed by atoms with E-state index in [1.807, 2.05) is 0 Å². The van der Waals surface area contributed by atoms with Crippen LogP contribution >= 0.6 is 0 Å². The average molecular weight is 354 g/mol. The quantitative estimate of drug-likeness (QED) is 0.727. The van der Waals surface area contributed by atoms with Gasteiger partial charge in [0.25, 0.3) is 5.91 Å². The first kappa shape index (κ1) is 18.2. The molecule has 1 saturated heterocycles. The molecule has 1 aromatic rings. The normalized spacial score (nSPS) is 18.6. The molecule has 1 aliphatic heterocycles. The van der Waals surface area contributed by atoms with Crippen molar-refractivity contribution in [3.8, 4) is 0 Å². The molecule has 24 heavy (non-hydrogen) atoms. The molecular weight excluding hydrogens is 332 g/mol. The lowest BCUT2D eigenvalue weighted by atomic mass is 9.97. The molecule has 4 N–H and O–H groups in total. The van der Waals surface area contributed by atoms with Gasteiger partial charge in [-0.1, -0.05) is 0 Å². The van der Waals surface area contributed by atoms with E-state index in [0.717, 1.165) is 4.31 Å². The lowest BCUT2D eigenvalue weighted by Gasteiger charge is -2.31. The minimum atomic E-state index is -3.70. The number of piperidine rings is 1. The van der Waals surface area contributed by atoms with Gasteiger partial charge in [0.05, 0.1) is 10.8 Å². The van der Waals surface area contributed by atoms with E-state index < -0.39 is 15.9 Å². The summed E-state index contributed by atoms with van der Waals surface area (Å²) >= 11 is 0. The Kier molecular flexibility index (Phi) is 5.14. The average Bonchev–Trinajstić information content (AvgIpc) is 2.53. The molecule has 0 aromatic heterocycles. The highest BCUT2D eigenvalue weighted by molar-refractivity contribution is 7.89. The van der Waals surface area contributed by atoms with Crippen LogP contribution < -0.4 is 11.5 Å². The summed E-state index contributed by atoms with van der Waals surface area (Å²) in [6.45, 7) is 0.728. The highest BCUT2D eigenvalue weighted by Gasteiger charge is 2.28. The van der Waals surface area contributed by atoms with Gasteiger partial charge in [0.15, 0.2) is 0 Å². The second-order valence-electron chi connectivity index (χ2n) is 6.07. The molecule has 0 radical (unpaired) electrons. The lowest BCUT2D eigenvalue weighted by molar-refractivity contribution is -0.123. The number of hydrogen-bond donors (Lipinski definition) is 2. The Bertz CT molecular complexity index is 761. The summed E-state index contributed by atoms with van der Waals surface area (Å²) in [4.78, 5) is 25.5. The fourth-order valence-corrected chi connectivity index (χ4v) is 3.66. The Hall–Kier alpha value is -2.13. The number of primary amides is 1. The van der Waals surface area contributed by atoms with Crippen LogP contribution in [0.2, 0.25) is 0 Å². The highest BCUT2D eigenvalue weighted by Crippen LogP contribution is 2.23. The first-order valence-electron chi connectivity index (χ1n) is 7.54. The van der Waals surface area contributed by atoms with E-state index in [4.69, 9.17) is 11.5 Å². The highest BCUT2D eigenvalue weighted by atomic mass is 32.2. The maximum Gasteiger partial charge on any atom is 0.253 e. The fourth-order valence-electron chi connectivity index (χ4n) is 2.68. The predicted molar refractivity (Wildman–Crippen MR) is 89.5 cm³/mol. The molecule has 1 atom stereocenters. The van der Waals surface area contributed by atoms with E-state index in [9.17, 15) is 18.0 Å². The van der Waals surface area contributed by atoms with Crippen LogP contribution in [0.3, 0.4) is 0 Å². The van der Waals surface area contributed by atoms with E-state index in [1.165, 1.54) is 37.2 Å². The van der Waals surface area contributed by atoms with Crippen molar-refractivity contribution in [3.63, 3.8) is 0 Å². The van der Waals surface area contributed by atoms with Crippen molar-refractivity contribution in [2.75, 3.05) is 32.9 Å². The fraction of sp³-hybridized carbons (Fsp3) is 0.467. The molecule has 1 aliphatic rings. The Morgan fingerprint density at radius 1 is 1.25 bits per heavy atom. The zero-order chi connectivity index (χ0) is 18.1. The first-order valence-corrected chi connectivity index (χ1v) is 8.98. The number of nitrogens with zero attached hydrogens (tertiary/aromatic N) is 2. The Balaban J connectivity index is 2.33. The van der Waals surface area contributed by atoms with Crippen LogP contribution in [0.1, 0.15) is 23.2 Å². The number of anilines is 1. The van der Waals surface area contributed by atoms with Crippen LogP contribution in [0.25, 0.3) is 0 Å². The molecule has 0 saturated carbocycles. The van der Waals surface area contributed by atoms with Crippen LogP contribution in [0.15, 0.2) is 23.1 Å². The van der Waals surface area contributed by atoms with Crippen molar-refractivity contribution in [1.29, 1.82) is 0 Å². The molecule has 8 nitrogen and oxygen atoms in total. The lowest BCUT2D eigenvalue weighted by Crippen LogP contribution is -2.44. The van der Waals surface area contributed by atoms with Gasteiger partial charge in [-0.05, 0) is 31.0 Å². The number of nitrogen functional groups attached to an aromatic ring is 1. The molecule has 132 valence electrons. The van der Waals surface area contributed by atoms with E-state index in [0.29, 0.717) is 19.4 Å². The summed E-state index contributed by atoms with van der Waals surface area (Å²) in [7, 11) is -0.892. The molecule has 2 amide bonds. The number of rotatable bonds is 4. The Morgan fingerprint density at radius 2 is 1.92 bits per heavy atom. The summed E-state index contributed by atoms with van der Waals surface area (Å²) in [6.07, 6.45) is 1.32. The van der Waals surface area contributed by atoms with Crippen LogP contribution in [-0.4, -0.2) is 56.6 Å². The van der Waals surface area contributed by atoms with Gasteiger partial charge in [-0.15, -0.1) is 0 Å². The zero-order valence-corrected chi connectivity index (χ0v) is 14.5. The monoisotopic (exact) mass is 354 g/mol. The number of amides is 2. The second-order valence-corrected chi connectivity index (χ2v) is 8.22. The van der Waals surface area contributed by atoms with Gasteiger partial charge in [0, 0.05) is 38.4 Å². The maximum atomic E-state index is 12.7. The SMILES string of the molecule is CN(C)S(=O)(=O)c1cc(N)cc(C(=O)N2CCC[C@H](C(N)=O)C2)c1. The number of benzene rings is 1. The van der Waals surface area contributed by atoms with Crippen LogP contribution in [-0.2, 0) is 14.8 Å². The Labute approximate surface area is 141 Å². The van der Waals surface area contributed by atoms with E-state index in [-0.39, 0.29) is 34.5 Å². The molecule has 2 rings (SSSR count). The van der Waals surface area contributed by atoms with Gasteiger partial charge in [-0.3, -0.25) is 9.59 Å². The van der Waals surface area contributed by atoms with Crippen molar-refractivity contribution in [2.24, 2.45) is 11.7 Å². The minimum Gasteiger partial charge on any atom is -0.399 e. The van der Waals surface area contributed by atoms with Gasteiger partial charge >= 0.3 is 0 Å². The molecular formula is C15H22N4O4S. The third-order valence-electron chi connectivity index (χ3n) is 4.07. The standard InChI is InChI=1S/C15H22N4O4S/c1-18(2)24(22,23)13-7-11(6-12(16)8-13)15(21)19-5-3-4-10(9-19)14(17)20/h6-8,10H,3-5,9,16H2,1-2H3,(H2,17,20)/t10-/m0/s1. The number of hydrogen-bond acceptors (Lipinski definition) is 5. The molecule has 1 aromatic carbocycles. The number of likely N-dealkylation sites (tertiary alicyclic amines) is 1. The van der Waals surface area contributed by atoms with Crippen LogP contribution in [0.5, 0.6) is 0 Å². The van der Waals surface area contributed by atoms with Gasteiger partial charge in [0.1, 0.15) is 0 Å². The van der Waals surface area contributed by atoms with Gasteiger partial charge < -0.3 is 16.4 Å². The molecule has 0 bridgehead atoms.